The van der Waals surface area contributed by atoms with E-state index in [2.05, 4.69) is 0 Å². The van der Waals surface area contributed by atoms with Gasteiger partial charge in [0.05, 0.1) is 21.8 Å². The highest BCUT2D eigenvalue weighted by molar-refractivity contribution is 7.22. The molecule has 0 radical (unpaired) electrons. The van der Waals surface area contributed by atoms with Crippen molar-refractivity contribution in [3.8, 4) is 11.5 Å². The molecule has 3 aromatic carbocycles. The van der Waals surface area contributed by atoms with Crippen LogP contribution in [-0.2, 0) is 9.59 Å². The minimum atomic E-state index is -0.922. The number of carbonyl (C=O) groups excluding carboxylic acids is 2. The van der Waals surface area contributed by atoms with Crippen LogP contribution in [0.4, 0.5) is 5.13 Å². The Morgan fingerprint density at radius 3 is 2.62 bits per heavy atom. The molecule has 0 saturated carbocycles. The smallest absolute Gasteiger partial charge is 0.301 e. The molecule has 6 rings (SSSR count). The molecule has 3 heterocycles. The molecule has 1 aromatic heterocycles. The van der Waals surface area contributed by atoms with E-state index in [9.17, 15) is 14.7 Å². The Morgan fingerprint density at radius 2 is 1.84 bits per heavy atom. The van der Waals surface area contributed by atoms with Crippen molar-refractivity contribution in [3.63, 3.8) is 0 Å². The van der Waals surface area contributed by atoms with Gasteiger partial charge in [0.2, 0.25) is 0 Å². The summed E-state index contributed by atoms with van der Waals surface area (Å²) in [5.74, 6) is -0.867. The Kier molecular flexibility index (Phi) is 5.66. The second kappa shape index (κ2) is 8.90. The zero-order valence-corrected chi connectivity index (χ0v) is 21.5. The van der Waals surface area contributed by atoms with Gasteiger partial charge < -0.3 is 14.6 Å². The summed E-state index contributed by atoms with van der Waals surface area (Å²) < 4.78 is 12.1. The minimum Gasteiger partial charge on any atom is -0.507 e. The van der Waals surface area contributed by atoms with E-state index in [1.807, 2.05) is 26.0 Å². The summed E-state index contributed by atoms with van der Waals surface area (Å²) >= 11 is 7.63. The number of Topliss-reactive ketones (excluding diaryl/α,β-unsaturated/α-hetero) is 1. The quantitative estimate of drug-likeness (QED) is 0.199. The van der Waals surface area contributed by atoms with Crippen LogP contribution < -0.4 is 14.4 Å². The number of carbonyl (C=O) groups is 2. The Morgan fingerprint density at radius 1 is 1.05 bits per heavy atom. The predicted octanol–water partition coefficient (Wildman–Crippen LogP) is 5.96. The molecule has 2 aliphatic rings. The molecule has 4 aromatic rings. The monoisotopic (exact) mass is 532 g/mol. The van der Waals surface area contributed by atoms with Crippen molar-refractivity contribution in [3.05, 3.63) is 87.4 Å². The lowest BCUT2D eigenvalue weighted by Gasteiger charge is -2.23. The van der Waals surface area contributed by atoms with E-state index in [4.69, 9.17) is 26.1 Å². The summed E-state index contributed by atoms with van der Waals surface area (Å²) in [7, 11) is 0. The fraction of sp³-hybridized carbons (Fsp3) is 0.179. The van der Waals surface area contributed by atoms with E-state index in [0.717, 1.165) is 21.3 Å². The van der Waals surface area contributed by atoms with Crippen LogP contribution in [0.1, 0.15) is 28.3 Å². The molecule has 1 atom stereocenters. The summed E-state index contributed by atoms with van der Waals surface area (Å²) in [6.45, 7) is 4.76. The predicted molar refractivity (Wildman–Crippen MR) is 143 cm³/mol. The first-order chi connectivity index (χ1) is 17.8. The van der Waals surface area contributed by atoms with Crippen LogP contribution in [0.3, 0.4) is 0 Å². The summed E-state index contributed by atoms with van der Waals surface area (Å²) in [5, 5.41) is 12.2. The fourth-order valence-electron chi connectivity index (χ4n) is 4.83. The van der Waals surface area contributed by atoms with Crippen LogP contribution in [0.25, 0.3) is 16.0 Å². The molecular formula is C28H21ClN2O5S. The van der Waals surface area contributed by atoms with Gasteiger partial charge >= 0.3 is 5.91 Å². The normalized spacial score (nSPS) is 18.6. The maximum absolute atomic E-state index is 13.5. The molecular weight excluding hydrogens is 512 g/mol. The molecule has 9 heteroatoms. The second-order valence-electron chi connectivity index (χ2n) is 9.01. The average Bonchev–Trinajstić information content (AvgIpc) is 3.42. The van der Waals surface area contributed by atoms with Crippen molar-refractivity contribution >= 4 is 55.7 Å². The van der Waals surface area contributed by atoms with Gasteiger partial charge in [0, 0.05) is 10.6 Å². The van der Waals surface area contributed by atoms with E-state index in [1.54, 1.807) is 42.5 Å². The van der Waals surface area contributed by atoms with Gasteiger partial charge in [-0.1, -0.05) is 41.1 Å². The summed E-state index contributed by atoms with van der Waals surface area (Å²) in [4.78, 5) is 33.1. The van der Waals surface area contributed by atoms with Gasteiger partial charge in [-0.2, -0.15) is 0 Å². The van der Waals surface area contributed by atoms with Gasteiger partial charge in [0.1, 0.15) is 19.0 Å². The molecule has 0 bridgehead atoms. The number of ether oxygens (including phenoxy) is 2. The van der Waals surface area contributed by atoms with Gasteiger partial charge in [-0.05, 0) is 66.9 Å². The zero-order chi connectivity index (χ0) is 25.8. The lowest BCUT2D eigenvalue weighted by atomic mass is 9.95. The van der Waals surface area contributed by atoms with Crippen molar-refractivity contribution in [1.82, 2.24) is 4.98 Å². The SMILES string of the molecule is Cc1cc(C)c2nc(N3C(=O)C(=O)/C(=C(\O)c4ccc5c(c4)OCCO5)C3c3cccc(Cl)c3)sc2c1. The number of nitrogens with zero attached hydrogens (tertiary/aromatic N) is 2. The fourth-order valence-corrected chi connectivity index (χ4v) is 6.20. The van der Waals surface area contributed by atoms with Gasteiger partial charge in [-0.15, -0.1) is 0 Å². The summed E-state index contributed by atoms with van der Waals surface area (Å²) in [6.07, 6.45) is 0. The molecule has 7 nitrogen and oxygen atoms in total. The lowest BCUT2D eigenvalue weighted by Crippen LogP contribution is -2.29. The van der Waals surface area contributed by atoms with Crippen LogP contribution in [-0.4, -0.2) is 35.0 Å². The standard InChI is InChI=1S/C28H21ClN2O5S/c1-14-10-15(2)23-21(11-14)37-28(30-23)31-24(16-4-3-5-18(29)12-16)22(26(33)27(31)34)25(32)17-6-7-19-20(13-17)36-9-8-35-19/h3-7,10-13,24,32H,8-9H2,1-2H3/b25-22-. The van der Waals surface area contributed by atoms with E-state index >= 15 is 0 Å². The van der Waals surface area contributed by atoms with Crippen LogP contribution >= 0.6 is 22.9 Å². The third-order valence-corrected chi connectivity index (χ3v) is 7.69. The van der Waals surface area contributed by atoms with Gasteiger partial charge in [0.15, 0.2) is 16.6 Å². The molecule has 0 aliphatic carbocycles. The van der Waals surface area contributed by atoms with Gasteiger partial charge in [-0.3, -0.25) is 14.5 Å². The highest BCUT2D eigenvalue weighted by Gasteiger charge is 2.48. The zero-order valence-electron chi connectivity index (χ0n) is 19.9. The molecule has 0 spiro atoms. The van der Waals surface area contributed by atoms with Crippen LogP contribution in [0.5, 0.6) is 11.5 Å². The number of ketones is 1. The van der Waals surface area contributed by atoms with Crippen LogP contribution in [0, 0.1) is 13.8 Å². The highest BCUT2D eigenvalue weighted by atomic mass is 35.5. The van der Waals surface area contributed by atoms with Crippen molar-refractivity contribution in [1.29, 1.82) is 0 Å². The molecule has 2 aliphatic heterocycles. The number of fused-ring (bicyclic) bond motifs is 2. The molecule has 1 saturated heterocycles. The largest absolute Gasteiger partial charge is 0.507 e. The maximum atomic E-state index is 13.5. The number of anilines is 1. The Bertz CT molecular complexity index is 1640. The number of hydrogen-bond acceptors (Lipinski definition) is 7. The number of halogens is 1. The Balaban J connectivity index is 1.55. The number of aliphatic hydroxyl groups excluding tert-OH is 1. The van der Waals surface area contributed by atoms with Gasteiger partial charge in [-0.25, -0.2) is 4.98 Å². The number of benzene rings is 3. The van der Waals surface area contributed by atoms with E-state index in [1.165, 1.54) is 16.2 Å². The topological polar surface area (TPSA) is 89.0 Å². The van der Waals surface area contributed by atoms with E-state index in [-0.39, 0.29) is 11.3 Å². The van der Waals surface area contributed by atoms with E-state index in [0.29, 0.717) is 46.0 Å². The van der Waals surface area contributed by atoms with Crippen LogP contribution in [0.15, 0.2) is 60.2 Å². The number of aliphatic hydroxyl groups is 1. The third-order valence-electron chi connectivity index (χ3n) is 6.45. The number of thiazole rings is 1. The molecule has 1 amide bonds. The molecule has 1 unspecified atom stereocenters. The van der Waals surface area contributed by atoms with Crippen molar-refractivity contribution in [2.45, 2.75) is 19.9 Å². The first-order valence-electron chi connectivity index (χ1n) is 11.7. The van der Waals surface area contributed by atoms with Crippen molar-refractivity contribution in [2.24, 2.45) is 0 Å². The average molecular weight is 533 g/mol. The van der Waals surface area contributed by atoms with E-state index < -0.39 is 17.7 Å². The maximum Gasteiger partial charge on any atom is 0.301 e. The van der Waals surface area contributed by atoms with Crippen molar-refractivity contribution < 1.29 is 24.2 Å². The first-order valence-corrected chi connectivity index (χ1v) is 12.9. The number of aryl methyl sites for hydroxylation is 2. The van der Waals surface area contributed by atoms with Gasteiger partial charge in [0.25, 0.3) is 5.78 Å². The number of amides is 1. The molecule has 1 fully saturated rings. The number of hydrogen-bond donors (Lipinski definition) is 1. The second-order valence-corrected chi connectivity index (χ2v) is 10.5. The number of rotatable bonds is 3. The summed E-state index contributed by atoms with van der Waals surface area (Å²) in [6, 6.07) is 14.9. The highest BCUT2D eigenvalue weighted by Crippen LogP contribution is 2.45. The lowest BCUT2D eigenvalue weighted by molar-refractivity contribution is -0.132. The minimum absolute atomic E-state index is 0.0453. The Hall–Kier alpha value is -3.88. The van der Waals surface area contributed by atoms with Crippen molar-refractivity contribution in [2.75, 3.05) is 18.1 Å². The molecule has 1 N–H and O–H groups in total. The summed E-state index contributed by atoms with van der Waals surface area (Å²) in [5.41, 5.74) is 3.69. The number of aromatic nitrogens is 1. The molecule has 186 valence electrons. The Labute approximate surface area is 221 Å². The first kappa shape index (κ1) is 23.5. The van der Waals surface area contributed by atoms with Crippen LogP contribution in [0.2, 0.25) is 5.02 Å². The molecule has 37 heavy (non-hydrogen) atoms. The third kappa shape index (κ3) is 3.93.